The Morgan fingerprint density at radius 1 is 0.233 bits per heavy atom. The number of methoxy groups -OCH3 is 2. The fourth-order valence-electron chi connectivity index (χ4n) is 19.9. The Morgan fingerprint density at radius 2 is 0.481 bits per heavy atom. The quantitative estimate of drug-likeness (QED) is 0.101. The second-order valence-corrected chi connectivity index (χ2v) is 33.9. The summed E-state index contributed by atoms with van der Waals surface area (Å²) in [6.07, 6.45) is 5.95. The Hall–Kier alpha value is -16.5. The lowest BCUT2D eigenvalue weighted by Gasteiger charge is -2.21. The molecule has 0 unspecified atom stereocenters. The van der Waals surface area contributed by atoms with Crippen LogP contribution in [0, 0.1) is 32.1 Å². The monoisotopic (exact) mass is 1660 g/mol. The highest BCUT2D eigenvalue weighted by molar-refractivity contribution is 6.34. The van der Waals surface area contributed by atoms with Crippen LogP contribution in [0.4, 0.5) is 0 Å². The molecule has 0 saturated heterocycles. The molecule has 24 rings (SSSR count). The van der Waals surface area contributed by atoms with E-state index in [1.54, 1.807) is 14.2 Å². The van der Waals surface area contributed by atoms with Gasteiger partial charge >= 0.3 is 0 Å². The molecule has 9 heteroatoms. The Labute approximate surface area is 748 Å². The summed E-state index contributed by atoms with van der Waals surface area (Å²) in [6, 6.07) is 133. The Balaban J connectivity index is 0.000000116. The van der Waals surface area contributed by atoms with E-state index >= 15 is 0 Å². The van der Waals surface area contributed by atoms with E-state index in [-0.39, 0.29) is 0 Å². The Kier molecular flexibility index (Phi) is 19.6. The maximum absolute atomic E-state index is 10.4. The van der Waals surface area contributed by atoms with Crippen molar-refractivity contribution in [3.63, 3.8) is 0 Å². The first-order chi connectivity index (χ1) is 63.3. The van der Waals surface area contributed by atoms with Crippen LogP contribution >= 0.6 is 0 Å². The number of aromatic nitrogens is 6. The van der Waals surface area contributed by atoms with Gasteiger partial charge in [0.25, 0.3) is 0 Å². The van der Waals surface area contributed by atoms with Crippen LogP contribution in [-0.4, -0.2) is 42.9 Å². The number of benzene rings is 21. The van der Waals surface area contributed by atoms with Crippen LogP contribution in [0.5, 0.6) is 11.5 Å². The van der Waals surface area contributed by atoms with E-state index in [0.717, 1.165) is 128 Å². The molecule has 3 aromatic heterocycles. The topological polar surface area (TPSA) is 95.7 Å². The number of nitrogens with zero attached hydrogens (tertiary/aromatic N) is 7. The largest absolute Gasteiger partial charge is 0.497 e. The summed E-state index contributed by atoms with van der Waals surface area (Å²) in [5, 5.41) is 32.2. The number of rotatable bonds is 14. The maximum atomic E-state index is 10.4. The lowest BCUT2D eigenvalue weighted by molar-refractivity contribution is 0.415. The molecule has 0 saturated carbocycles. The van der Waals surface area contributed by atoms with E-state index in [1.807, 2.05) is 73.2 Å². The van der Waals surface area contributed by atoms with Crippen LogP contribution < -0.4 is 9.47 Å². The van der Waals surface area contributed by atoms with Crippen LogP contribution in [0.15, 0.2) is 383 Å². The van der Waals surface area contributed by atoms with Crippen LogP contribution in [0.25, 0.3) is 232 Å². The molecule has 21 aromatic carbocycles. The number of nitriles is 1. The number of ether oxygens (including phenoxy) is 2. The lowest BCUT2D eigenvalue weighted by Crippen LogP contribution is -1.98. The second-order valence-electron chi connectivity index (χ2n) is 33.9. The van der Waals surface area contributed by atoms with Crippen molar-refractivity contribution in [3.05, 3.63) is 405 Å². The fraction of sp³-hybridized carbons (Fsp3) is 0.0667. The van der Waals surface area contributed by atoms with Gasteiger partial charge in [-0.05, 0) is 244 Å². The molecule has 0 aliphatic rings. The Morgan fingerprint density at radius 3 is 0.822 bits per heavy atom. The van der Waals surface area contributed by atoms with Gasteiger partial charge in [0.05, 0.1) is 61.5 Å². The molecule has 9 nitrogen and oxygen atoms in total. The van der Waals surface area contributed by atoms with Crippen molar-refractivity contribution < 1.29 is 9.47 Å². The molecule has 129 heavy (non-hydrogen) atoms. The molecule has 0 aliphatic heterocycles. The summed E-state index contributed by atoms with van der Waals surface area (Å²) in [6.45, 7) is 6.46. The molecule has 0 atom stereocenters. The fourth-order valence-corrected chi connectivity index (χ4v) is 19.9. The summed E-state index contributed by atoms with van der Waals surface area (Å²) >= 11 is 0. The molecule has 0 fully saturated rings. The van der Waals surface area contributed by atoms with E-state index in [2.05, 4.69) is 371 Å². The third-order valence-corrected chi connectivity index (χ3v) is 26.5. The zero-order valence-electron chi connectivity index (χ0n) is 72.8. The van der Waals surface area contributed by atoms with Crippen LogP contribution in [0.3, 0.4) is 0 Å². The van der Waals surface area contributed by atoms with Gasteiger partial charge in [-0.2, -0.15) is 5.26 Å². The molecule has 0 amide bonds. The van der Waals surface area contributed by atoms with Crippen LogP contribution in [0.2, 0.25) is 0 Å². The standard InChI is InChI=1S/C47H36N2.C41H29N3O2.C32H22N2/c1-29-10-16-32(17-11-29)40-26-41(33-18-12-30(2)13-19-33)37-24-25-39-43(47-48-28-44(49(47)4)35-8-6-5-7-9-35)27-42(34-20-14-31(3)15-21-34)38-23-22-36(40)45(37)46(38)39;1-44-38(27-7-5-4-6-8-27)24-43-41(44)37-22-36(26-11-15-30(46-3)16-12-26)33-18-17-31-28(23-42)21-35(25-9-13-29(45-2)14-10-25)32-19-20-34(37)40(33)39(31)32;1-34-29(22-10-6-3-7-11-22)20-33-32(34)28-19-15-24-13-17-26-25(21-8-4-2-5-9-21)16-12-23-14-18-27(28)31(24)30(23)26/h5-28H,1-4H3;4-22,24H,1-3H3;2-20H,1H3. The first-order valence-corrected chi connectivity index (χ1v) is 43.8. The first-order valence-electron chi connectivity index (χ1n) is 43.8. The summed E-state index contributed by atoms with van der Waals surface area (Å²) < 4.78 is 17.5. The van der Waals surface area contributed by atoms with Crippen molar-refractivity contribution in [2.24, 2.45) is 21.1 Å². The maximum Gasteiger partial charge on any atom is 0.140 e. The predicted molar refractivity (Wildman–Crippen MR) is 538 cm³/mol. The third kappa shape index (κ3) is 13.5. The zero-order chi connectivity index (χ0) is 87.2. The number of imidazole rings is 3. The van der Waals surface area contributed by atoms with Gasteiger partial charge in [-0.3, -0.25) is 0 Å². The smallest absolute Gasteiger partial charge is 0.140 e. The van der Waals surface area contributed by atoms with Crippen molar-refractivity contribution >= 4 is 97.0 Å². The normalized spacial score (nSPS) is 11.6. The molecule has 3 heterocycles. The first kappa shape index (κ1) is 78.4. The van der Waals surface area contributed by atoms with Crippen molar-refractivity contribution in [1.82, 2.24) is 28.7 Å². The molecule has 614 valence electrons. The molecular formula is C120H87N7O2. The summed E-state index contributed by atoms with van der Waals surface area (Å²) in [5.74, 6) is 4.42. The second kappa shape index (κ2) is 32.2. The van der Waals surface area contributed by atoms with Crippen molar-refractivity contribution in [1.29, 1.82) is 5.26 Å². The van der Waals surface area contributed by atoms with E-state index in [0.29, 0.717) is 5.56 Å². The highest BCUT2D eigenvalue weighted by atomic mass is 16.5. The van der Waals surface area contributed by atoms with E-state index in [9.17, 15) is 5.26 Å². The molecule has 0 spiro atoms. The average molecular weight is 1660 g/mol. The molecule has 0 radical (unpaired) electrons. The molecule has 0 N–H and O–H groups in total. The number of aryl methyl sites for hydroxylation is 3. The average Bonchev–Trinajstić information content (AvgIpc) is 1.32. The molecule has 0 bridgehead atoms. The summed E-state index contributed by atoms with van der Waals surface area (Å²) in [4.78, 5) is 15.0. The van der Waals surface area contributed by atoms with Crippen LogP contribution in [-0.2, 0) is 21.1 Å². The van der Waals surface area contributed by atoms with Gasteiger partial charge in [0.2, 0.25) is 0 Å². The van der Waals surface area contributed by atoms with Gasteiger partial charge in [-0.1, -0.05) is 332 Å². The zero-order valence-corrected chi connectivity index (χ0v) is 72.8. The molecular weight excluding hydrogens is 1570 g/mol. The minimum Gasteiger partial charge on any atom is -0.497 e. The minimum atomic E-state index is 0.646. The van der Waals surface area contributed by atoms with E-state index in [1.165, 1.54) is 131 Å². The van der Waals surface area contributed by atoms with Gasteiger partial charge < -0.3 is 23.2 Å². The molecule has 24 aromatic rings. The number of hydrogen-bond donors (Lipinski definition) is 0. The molecule has 0 aliphatic carbocycles. The summed E-state index contributed by atoms with van der Waals surface area (Å²) in [7, 11) is 9.67. The third-order valence-electron chi connectivity index (χ3n) is 26.5. The van der Waals surface area contributed by atoms with Crippen molar-refractivity contribution in [2.75, 3.05) is 14.2 Å². The SMILES string of the molecule is COc1ccc(-c2cc(C#N)c3ccc4c(-c5ccc(OC)cc5)cc(-c5ncc(-c6ccccc6)n5C)c5ccc2c3c45)cc1.Cc1ccc(-c2cc(-c3ccc(C)cc3)c3ccc4c(-c5ncc(-c6ccccc6)n5C)cc(-c5ccc(C)cc5)c5ccc2c3c54)cc1.Cn1c(-c2ccccc2)cnc1-c1ccc2ccc3c(-c4ccccc4)ccc4ccc1c2c43. The van der Waals surface area contributed by atoms with Gasteiger partial charge in [0.15, 0.2) is 0 Å². The van der Waals surface area contributed by atoms with Gasteiger partial charge in [0.1, 0.15) is 29.0 Å². The minimum absolute atomic E-state index is 0.646. The van der Waals surface area contributed by atoms with Crippen LogP contribution in [0.1, 0.15) is 22.3 Å². The highest BCUT2D eigenvalue weighted by Crippen LogP contribution is 2.52. The van der Waals surface area contributed by atoms with E-state index < -0.39 is 0 Å². The lowest BCUT2D eigenvalue weighted by atomic mass is 9.82. The van der Waals surface area contributed by atoms with Gasteiger partial charge in [-0.15, -0.1) is 0 Å². The predicted octanol–water partition coefficient (Wildman–Crippen LogP) is 30.8. The Bertz CT molecular complexity index is 8380. The van der Waals surface area contributed by atoms with E-state index in [4.69, 9.17) is 24.4 Å². The van der Waals surface area contributed by atoms with Gasteiger partial charge in [-0.25, -0.2) is 15.0 Å². The highest BCUT2D eigenvalue weighted by Gasteiger charge is 2.27. The summed E-state index contributed by atoms with van der Waals surface area (Å²) in [5.41, 5.74) is 28.6. The number of hydrogen-bond acceptors (Lipinski definition) is 6. The van der Waals surface area contributed by atoms with Crippen molar-refractivity contribution in [2.45, 2.75) is 20.8 Å². The van der Waals surface area contributed by atoms with Crippen molar-refractivity contribution in [3.8, 4) is 152 Å². The van der Waals surface area contributed by atoms with Gasteiger partial charge in [0, 0.05) is 43.2 Å².